The average molecular weight is 275 g/mol. The smallest absolute Gasteiger partial charge is 0.318 e. The number of imide groups is 1. The molecule has 0 fully saturated rings. The van der Waals surface area contributed by atoms with Gasteiger partial charge < -0.3 is 15.2 Å². The van der Waals surface area contributed by atoms with E-state index in [0.29, 0.717) is 19.7 Å². The first-order valence-corrected chi connectivity index (χ1v) is 5.82. The Kier molecular flexibility index (Phi) is 8.47. The number of methoxy groups -OCH3 is 2. The van der Waals surface area contributed by atoms with Crippen LogP contribution in [0.25, 0.3) is 0 Å². The maximum absolute atomic E-state index is 11.7. The van der Waals surface area contributed by atoms with Gasteiger partial charge >= 0.3 is 12.0 Å². The van der Waals surface area contributed by atoms with Crippen molar-refractivity contribution < 1.29 is 23.9 Å². The van der Waals surface area contributed by atoms with E-state index < -0.39 is 18.0 Å². The lowest BCUT2D eigenvalue weighted by Gasteiger charge is -2.27. The molecule has 0 aliphatic heterocycles. The van der Waals surface area contributed by atoms with Crippen molar-refractivity contribution in [1.82, 2.24) is 10.2 Å². The SMILES string of the molecule is COCCN(CCC(=O)OC)C(C)C(=O)NC(N)=O. The number of carbonyl (C=O) groups is 3. The van der Waals surface area contributed by atoms with Gasteiger partial charge in [0.15, 0.2) is 0 Å². The van der Waals surface area contributed by atoms with E-state index in [4.69, 9.17) is 10.5 Å². The van der Waals surface area contributed by atoms with Gasteiger partial charge in [0.25, 0.3) is 0 Å². The van der Waals surface area contributed by atoms with E-state index in [9.17, 15) is 14.4 Å². The lowest BCUT2D eigenvalue weighted by atomic mass is 10.2. The highest BCUT2D eigenvalue weighted by Gasteiger charge is 2.22. The fourth-order valence-corrected chi connectivity index (χ4v) is 1.44. The van der Waals surface area contributed by atoms with Gasteiger partial charge in [0.2, 0.25) is 5.91 Å². The number of hydrogen-bond acceptors (Lipinski definition) is 6. The maximum Gasteiger partial charge on any atom is 0.318 e. The Morgan fingerprint density at radius 1 is 1.26 bits per heavy atom. The minimum absolute atomic E-state index is 0.147. The third kappa shape index (κ3) is 7.37. The van der Waals surface area contributed by atoms with Crippen molar-refractivity contribution in [2.45, 2.75) is 19.4 Å². The summed E-state index contributed by atoms with van der Waals surface area (Å²) in [6.07, 6.45) is 0.147. The molecule has 19 heavy (non-hydrogen) atoms. The topological polar surface area (TPSA) is 111 Å². The van der Waals surface area contributed by atoms with Crippen LogP contribution in [0.5, 0.6) is 0 Å². The largest absolute Gasteiger partial charge is 0.469 e. The van der Waals surface area contributed by atoms with Crippen LogP contribution in [0.4, 0.5) is 4.79 Å². The molecule has 3 N–H and O–H groups in total. The molecule has 0 rings (SSSR count). The Morgan fingerprint density at radius 3 is 2.37 bits per heavy atom. The number of primary amides is 1. The molecule has 0 saturated carbocycles. The van der Waals surface area contributed by atoms with E-state index in [-0.39, 0.29) is 12.4 Å². The molecule has 0 aromatic rings. The number of urea groups is 1. The van der Waals surface area contributed by atoms with Crippen LogP contribution in [0.15, 0.2) is 0 Å². The zero-order valence-corrected chi connectivity index (χ0v) is 11.5. The van der Waals surface area contributed by atoms with Crippen molar-refractivity contribution in [3.63, 3.8) is 0 Å². The summed E-state index contributed by atoms with van der Waals surface area (Å²) in [5.74, 6) is -0.890. The first-order valence-electron chi connectivity index (χ1n) is 5.82. The van der Waals surface area contributed by atoms with E-state index in [1.165, 1.54) is 14.2 Å². The molecule has 0 aromatic carbocycles. The second-order valence-electron chi connectivity index (χ2n) is 3.88. The van der Waals surface area contributed by atoms with Crippen molar-refractivity contribution >= 4 is 17.9 Å². The molecule has 0 heterocycles. The fourth-order valence-electron chi connectivity index (χ4n) is 1.44. The second kappa shape index (κ2) is 9.29. The Hall–Kier alpha value is -1.67. The van der Waals surface area contributed by atoms with Gasteiger partial charge in [-0.2, -0.15) is 0 Å². The molecule has 1 atom stereocenters. The summed E-state index contributed by atoms with van der Waals surface area (Å²) in [7, 11) is 2.83. The molecule has 1 unspecified atom stereocenters. The maximum atomic E-state index is 11.7. The molecular formula is C11H21N3O5. The van der Waals surface area contributed by atoms with Gasteiger partial charge in [-0.25, -0.2) is 4.79 Å². The number of hydrogen-bond donors (Lipinski definition) is 2. The van der Waals surface area contributed by atoms with Crippen LogP contribution in [0.2, 0.25) is 0 Å². The number of amides is 3. The summed E-state index contributed by atoms with van der Waals surface area (Å²) >= 11 is 0. The van der Waals surface area contributed by atoms with E-state index in [1.54, 1.807) is 11.8 Å². The number of carbonyl (C=O) groups excluding carboxylic acids is 3. The number of esters is 1. The third-order valence-corrected chi connectivity index (χ3v) is 2.59. The van der Waals surface area contributed by atoms with E-state index in [1.807, 2.05) is 5.32 Å². The minimum atomic E-state index is -0.906. The van der Waals surface area contributed by atoms with E-state index in [0.717, 1.165) is 0 Å². The zero-order valence-electron chi connectivity index (χ0n) is 11.5. The minimum Gasteiger partial charge on any atom is -0.469 e. The Labute approximate surface area is 112 Å². The van der Waals surface area contributed by atoms with Gasteiger partial charge in [-0.1, -0.05) is 0 Å². The first-order chi connectivity index (χ1) is 8.92. The lowest BCUT2D eigenvalue weighted by Crippen LogP contribution is -2.49. The number of rotatable bonds is 8. The first kappa shape index (κ1) is 17.3. The zero-order chi connectivity index (χ0) is 14.8. The van der Waals surface area contributed by atoms with Gasteiger partial charge in [0.1, 0.15) is 0 Å². The molecule has 8 nitrogen and oxygen atoms in total. The van der Waals surface area contributed by atoms with Gasteiger partial charge in [-0.05, 0) is 6.92 Å². The van der Waals surface area contributed by atoms with Gasteiger partial charge in [0.05, 0.1) is 26.2 Å². The number of ether oxygens (including phenoxy) is 2. The Bertz CT molecular complexity index is 321. The van der Waals surface area contributed by atoms with Gasteiger partial charge in [0, 0.05) is 20.2 Å². The van der Waals surface area contributed by atoms with Gasteiger partial charge in [-0.3, -0.25) is 19.8 Å². The van der Waals surface area contributed by atoms with Gasteiger partial charge in [-0.15, -0.1) is 0 Å². The van der Waals surface area contributed by atoms with E-state index in [2.05, 4.69) is 4.74 Å². The van der Waals surface area contributed by atoms with E-state index >= 15 is 0 Å². The predicted octanol–water partition coefficient (Wildman–Crippen LogP) is -0.919. The van der Waals surface area contributed by atoms with Crippen molar-refractivity contribution in [2.75, 3.05) is 33.9 Å². The molecular weight excluding hydrogens is 254 g/mol. The average Bonchev–Trinajstić information content (AvgIpc) is 2.36. The summed E-state index contributed by atoms with van der Waals surface area (Å²) in [4.78, 5) is 35.1. The molecule has 0 aromatic heterocycles. The third-order valence-electron chi connectivity index (χ3n) is 2.59. The lowest BCUT2D eigenvalue weighted by molar-refractivity contribution is -0.141. The second-order valence-corrected chi connectivity index (χ2v) is 3.88. The Morgan fingerprint density at radius 2 is 1.89 bits per heavy atom. The normalized spacial score (nSPS) is 12.0. The van der Waals surface area contributed by atoms with Crippen LogP contribution in [0, 0.1) is 0 Å². The fraction of sp³-hybridized carbons (Fsp3) is 0.727. The van der Waals surface area contributed by atoms with Crippen LogP contribution in [-0.2, 0) is 19.1 Å². The highest BCUT2D eigenvalue weighted by molar-refractivity contribution is 5.96. The van der Waals surface area contributed by atoms with Crippen LogP contribution in [0.1, 0.15) is 13.3 Å². The molecule has 8 heteroatoms. The summed E-state index contributed by atoms with van der Waals surface area (Å²) in [6, 6.07) is -1.51. The monoisotopic (exact) mass is 275 g/mol. The number of nitrogens with two attached hydrogens (primary N) is 1. The highest BCUT2D eigenvalue weighted by Crippen LogP contribution is 2.02. The molecule has 3 amide bonds. The standard InChI is InChI=1S/C11H21N3O5/c1-8(10(16)13-11(12)17)14(6-7-18-2)5-4-9(15)19-3/h8H,4-7H2,1-3H3,(H3,12,13,16,17). The van der Waals surface area contributed by atoms with Crippen LogP contribution < -0.4 is 11.1 Å². The highest BCUT2D eigenvalue weighted by atomic mass is 16.5. The summed E-state index contributed by atoms with van der Waals surface area (Å²) in [6.45, 7) is 2.78. The summed E-state index contributed by atoms with van der Waals surface area (Å²) in [5, 5.41) is 2.00. The quantitative estimate of drug-likeness (QED) is 0.554. The molecule has 110 valence electrons. The van der Waals surface area contributed by atoms with Crippen LogP contribution in [0.3, 0.4) is 0 Å². The molecule has 0 aliphatic carbocycles. The molecule has 0 saturated heterocycles. The number of nitrogens with one attached hydrogen (secondary N) is 1. The summed E-state index contributed by atoms with van der Waals surface area (Å²) in [5.41, 5.74) is 4.89. The van der Waals surface area contributed by atoms with Crippen molar-refractivity contribution in [3.8, 4) is 0 Å². The molecule has 0 aliphatic rings. The van der Waals surface area contributed by atoms with Crippen molar-refractivity contribution in [1.29, 1.82) is 0 Å². The van der Waals surface area contributed by atoms with Crippen molar-refractivity contribution in [3.05, 3.63) is 0 Å². The molecule has 0 spiro atoms. The molecule has 0 radical (unpaired) electrons. The Balaban J connectivity index is 4.49. The number of nitrogens with zero attached hydrogens (tertiary/aromatic N) is 1. The summed E-state index contributed by atoms with van der Waals surface area (Å²) < 4.78 is 9.47. The van der Waals surface area contributed by atoms with Crippen LogP contribution >= 0.6 is 0 Å². The van der Waals surface area contributed by atoms with Crippen molar-refractivity contribution in [2.24, 2.45) is 5.73 Å². The van der Waals surface area contributed by atoms with Crippen LogP contribution in [-0.4, -0.2) is 62.8 Å². The predicted molar refractivity (Wildman–Crippen MR) is 67.3 cm³/mol. The molecule has 0 bridgehead atoms.